The number of aromatic nitrogens is 2. The van der Waals surface area contributed by atoms with Gasteiger partial charge in [-0.25, -0.2) is 13.4 Å². The number of aryl methyl sites for hydroxylation is 2. The summed E-state index contributed by atoms with van der Waals surface area (Å²) in [5, 5.41) is -0.307. The van der Waals surface area contributed by atoms with Gasteiger partial charge in [0, 0.05) is 19.3 Å². The number of halogens is 3. The molecule has 21 heavy (non-hydrogen) atoms. The Labute approximate surface area is 121 Å². The zero-order valence-electron chi connectivity index (χ0n) is 11.9. The molecule has 0 N–H and O–H groups in total. The third-order valence-electron chi connectivity index (χ3n) is 3.70. The first-order chi connectivity index (χ1) is 9.67. The average Bonchev–Trinajstić information content (AvgIpc) is 2.80. The highest BCUT2D eigenvalue weighted by Gasteiger charge is 2.49. The van der Waals surface area contributed by atoms with Crippen molar-refractivity contribution in [3.8, 4) is 0 Å². The van der Waals surface area contributed by atoms with Crippen LogP contribution in [0.15, 0.2) is 11.2 Å². The van der Waals surface area contributed by atoms with Gasteiger partial charge in [-0.1, -0.05) is 6.42 Å². The molecule has 0 spiro atoms. The molecule has 1 aromatic rings. The van der Waals surface area contributed by atoms with Crippen LogP contribution in [0, 0.1) is 6.92 Å². The van der Waals surface area contributed by atoms with E-state index in [0.29, 0.717) is 29.5 Å². The van der Waals surface area contributed by atoms with Crippen molar-refractivity contribution in [3.05, 3.63) is 12.0 Å². The molecule has 2 heterocycles. The number of sulfonamides is 1. The fraction of sp³-hybridized carbons (Fsp3) is 0.750. The van der Waals surface area contributed by atoms with Crippen molar-refractivity contribution in [2.75, 3.05) is 6.54 Å². The predicted molar refractivity (Wildman–Crippen MR) is 70.2 cm³/mol. The van der Waals surface area contributed by atoms with Gasteiger partial charge in [0.1, 0.15) is 11.9 Å². The standard InChI is InChI=1S/C12H18F3N3O2S/c1-3-17-8-11(16-9(17)2)21(19,20)18-7-5-4-6-10(18)12(13,14)15/h8,10H,3-7H2,1-2H3. The van der Waals surface area contributed by atoms with E-state index in [1.807, 2.05) is 6.92 Å². The molecule has 1 saturated heterocycles. The Morgan fingerprint density at radius 2 is 2.05 bits per heavy atom. The average molecular weight is 325 g/mol. The third-order valence-corrected chi connectivity index (χ3v) is 5.48. The van der Waals surface area contributed by atoms with Gasteiger partial charge < -0.3 is 4.57 Å². The largest absolute Gasteiger partial charge is 0.405 e. The maximum absolute atomic E-state index is 13.1. The summed E-state index contributed by atoms with van der Waals surface area (Å²) in [6.45, 7) is 3.83. The minimum absolute atomic E-state index is 0.120. The summed E-state index contributed by atoms with van der Waals surface area (Å²) in [6, 6.07) is -1.96. The van der Waals surface area contributed by atoms with E-state index in [1.165, 1.54) is 6.20 Å². The van der Waals surface area contributed by atoms with E-state index in [9.17, 15) is 21.6 Å². The highest BCUT2D eigenvalue weighted by Crippen LogP contribution is 2.35. The van der Waals surface area contributed by atoms with Crippen molar-refractivity contribution in [1.82, 2.24) is 13.9 Å². The van der Waals surface area contributed by atoms with E-state index in [4.69, 9.17) is 0 Å². The van der Waals surface area contributed by atoms with Crippen LogP contribution in [-0.2, 0) is 16.6 Å². The second-order valence-electron chi connectivity index (χ2n) is 5.08. The Balaban J connectivity index is 2.40. The first-order valence-corrected chi connectivity index (χ1v) is 8.24. The lowest BCUT2D eigenvalue weighted by Gasteiger charge is -2.35. The van der Waals surface area contributed by atoms with E-state index in [-0.39, 0.29) is 18.0 Å². The number of hydrogen-bond acceptors (Lipinski definition) is 3. The molecule has 5 nitrogen and oxygen atoms in total. The van der Waals surface area contributed by atoms with Crippen molar-refractivity contribution in [3.63, 3.8) is 0 Å². The lowest BCUT2D eigenvalue weighted by Crippen LogP contribution is -2.51. The summed E-state index contributed by atoms with van der Waals surface area (Å²) < 4.78 is 66.3. The number of alkyl halides is 3. The van der Waals surface area contributed by atoms with E-state index in [2.05, 4.69) is 4.98 Å². The van der Waals surface area contributed by atoms with Crippen LogP contribution in [0.5, 0.6) is 0 Å². The molecular weight excluding hydrogens is 307 g/mol. The topological polar surface area (TPSA) is 55.2 Å². The second kappa shape index (κ2) is 5.60. The van der Waals surface area contributed by atoms with Crippen molar-refractivity contribution in [2.45, 2.75) is 56.9 Å². The highest BCUT2D eigenvalue weighted by molar-refractivity contribution is 7.89. The van der Waals surface area contributed by atoms with E-state index >= 15 is 0 Å². The zero-order valence-corrected chi connectivity index (χ0v) is 12.7. The smallest absolute Gasteiger partial charge is 0.334 e. The first kappa shape index (κ1) is 16.3. The van der Waals surface area contributed by atoms with Gasteiger partial charge in [0.15, 0.2) is 5.03 Å². The normalized spacial score (nSPS) is 21.7. The van der Waals surface area contributed by atoms with Crippen LogP contribution in [0.2, 0.25) is 0 Å². The zero-order chi connectivity index (χ0) is 15.8. The number of hydrogen-bond donors (Lipinski definition) is 0. The summed E-state index contributed by atoms with van der Waals surface area (Å²) in [6.07, 6.45) is -2.66. The lowest BCUT2D eigenvalue weighted by molar-refractivity contribution is -0.177. The molecule has 0 aromatic carbocycles. The highest BCUT2D eigenvalue weighted by atomic mass is 32.2. The monoisotopic (exact) mass is 325 g/mol. The Morgan fingerprint density at radius 1 is 1.38 bits per heavy atom. The van der Waals surface area contributed by atoms with Crippen LogP contribution < -0.4 is 0 Å². The molecular formula is C12H18F3N3O2S. The van der Waals surface area contributed by atoms with Crippen molar-refractivity contribution in [1.29, 1.82) is 0 Å². The Bertz CT molecular complexity index is 610. The Morgan fingerprint density at radius 3 is 2.57 bits per heavy atom. The van der Waals surface area contributed by atoms with Gasteiger partial charge in [-0.2, -0.15) is 17.5 Å². The molecule has 1 atom stereocenters. The molecule has 1 fully saturated rings. The molecule has 1 aliphatic heterocycles. The molecule has 0 amide bonds. The van der Waals surface area contributed by atoms with Crippen LogP contribution in [0.3, 0.4) is 0 Å². The minimum atomic E-state index is -4.56. The second-order valence-corrected chi connectivity index (χ2v) is 6.92. The first-order valence-electron chi connectivity index (χ1n) is 6.80. The molecule has 0 radical (unpaired) electrons. The van der Waals surface area contributed by atoms with E-state index in [0.717, 1.165) is 0 Å². The third kappa shape index (κ3) is 3.08. The molecule has 1 aromatic heterocycles. The SMILES string of the molecule is CCn1cc(S(=O)(=O)N2CCCCC2C(F)(F)F)nc1C. The van der Waals surface area contributed by atoms with Gasteiger partial charge in [-0.15, -0.1) is 0 Å². The number of piperidine rings is 1. The van der Waals surface area contributed by atoms with Gasteiger partial charge in [0.05, 0.1) is 0 Å². The summed E-state index contributed by atoms with van der Waals surface area (Å²) in [5.41, 5.74) is 0. The number of imidazole rings is 1. The van der Waals surface area contributed by atoms with Gasteiger partial charge in [0.25, 0.3) is 10.0 Å². The molecule has 0 aliphatic carbocycles. The quantitative estimate of drug-likeness (QED) is 0.857. The van der Waals surface area contributed by atoms with Gasteiger partial charge >= 0.3 is 6.18 Å². The number of rotatable bonds is 3. The molecule has 9 heteroatoms. The summed E-state index contributed by atoms with van der Waals surface area (Å²) in [7, 11) is -4.22. The Hall–Kier alpha value is -1.09. The fourth-order valence-corrected chi connectivity index (χ4v) is 4.24. The predicted octanol–water partition coefficient (Wildman–Crippen LogP) is 2.32. The van der Waals surface area contributed by atoms with Crippen molar-refractivity contribution >= 4 is 10.0 Å². The summed E-state index contributed by atoms with van der Waals surface area (Å²) in [5.74, 6) is 0.469. The molecule has 120 valence electrons. The number of nitrogens with zero attached hydrogens (tertiary/aromatic N) is 3. The van der Waals surface area contributed by atoms with Gasteiger partial charge in [0.2, 0.25) is 0 Å². The van der Waals surface area contributed by atoms with Crippen LogP contribution in [0.4, 0.5) is 13.2 Å². The molecule has 2 rings (SSSR count). The fourth-order valence-electron chi connectivity index (χ4n) is 2.56. The minimum Gasteiger partial charge on any atom is -0.334 e. The maximum Gasteiger partial charge on any atom is 0.405 e. The van der Waals surface area contributed by atoms with Crippen LogP contribution in [-0.4, -0.2) is 41.0 Å². The van der Waals surface area contributed by atoms with Gasteiger partial charge in [-0.05, 0) is 26.7 Å². The van der Waals surface area contributed by atoms with Crippen molar-refractivity contribution in [2.24, 2.45) is 0 Å². The van der Waals surface area contributed by atoms with Crippen LogP contribution in [0.1, 0.15) is 32.0 Å². The lowest BCUT2D eigenvalue weighted by atomic mass is 10.1. The molecule has 0 saturated carbocycles. The van der Waals surface area contributed by atoms with Gasteiger partial charge in [-0.3, -0.25) is 0 Å². The molecule has 0 bridgehead atoms. The summed E-state index contributed by atoms with van der Waals surface area (Å²) >= 11 is 0. The van der Waals surface area contributed by atoms with Crippen LogP contribution in [0.25, 0.3) is 0 Å². The molecule has 1 aliphatic rings. The van der Waals surface area contributed by atoms with Crippen LogP contribution >= 0.6 is 0 Å². The van der Waals surface area contributed by atoms with E-state index in [1.54, 1.807) is 11.5 Å². The van der Waals surface area contributed by atoms with E-state index < -0.39 is 22.2 Å². The Kier molecular flexibility index (Phi) is 4.34. The summed E-state index contributed by atoms with van der Waals surface area (Å²) in [4.78, 5) is 3.91. The molecule has 1 unspecified atom stereocenters. The van der Waals surface area contributed by atoms with Crippen molar-refractivity contribution < 1.29 is 21.6 Å². The maximum atomic E-state index is 13.1.